The Balaban J connectivity index is 2.95. The van der Waals surface area contributed by atoms with Gasteiger partial charge in [0.2, 0.25) is 0 Å². The minimum Gasteiger partial charge on any atom is -0.395 e. The lowest BCUT2D eigenvalue weighted by Gasteiger charge is -2.25. The minimum absolute atomic E-state index is 0.0484. The molecule has 7 heteroatoms. The Kier molecular flexibility index (Phi) is 5.68. The average Bonchev–Trinajstić information content (AvgIpc) is 2.37. The van der Waals surface area contributed by atoms with E-state index >= 15 is 0 Å². The van der Waals surface area contributed by atoms with Crippen molar-refractivity contribution < 1.29 is 10.0 Å². The van der Waals surface area contributed by atoms with Crippen LogP contribution in [0.25, 0.3) is 0 Å². The Labute approximate surface area is 112 Å². The third-order valence-electron chi connectivity index (χ3n) is 2.92. The molecule has 0 radical (unpaired) electrons. The fraction of sp³-hybridized carbons (Fsp3) is 0.500. The van der Waals surface area contributed by atoms with Crippen molar-refractivity contribution in [1.82, 2.24) is 4.90 Å². The predicted octanol–water partition coefficient (Wildman–Crippen LogP) is 1.08. The average molecular weight is 268 g/mol. The van der Waals surface area contributed by atoms with Crippen LogP contribution in [0, 0.1) is 10.1 Å². The largest absolute Gasteiger partial charge is 0.395 e. The van der Waals surface area contributed by atoms with Crippen LogP contribution in [0.15, 0.2) is 18.2 Å². The van der Waals surface area contributed by atoms with Crippen LogP contribution < -0.4 is 11.3 Å². The van der Waals surface area contributed by atoms with Crippen LogP contribution in [0.2, 0.25) is 0 Å². The molecule has 0 aliphatic carbocycles. The fourth-order valence-corrected chi connectivity index (χ4v) is 1.83. The summed E-state index contributed by atoms with van der Waals surface area (Å²) in [7, 11) is 0. The molecule has 0 atom stereocenters. The van der Waals surface area contributed by atoms with Crippen molar-refractivity contribution in [2.24, 2.45) is 5.84 Å². The second-order valence-electron chi connectivity index (χ2n) is 4.54. The molecule has 0 aliphatic heterocycles. The molecular weight excluding hydrogens is 248 g/mol. The number of nitrogen functional groups attached to an aromatic ring is 1. The van der Waals surface area contributed by atoms with Crippen LogP contribution in [0.1, 0.15) is 19.4 Å². The molecule has 0 fully saturated rings. The number of hydrogen-bond donors (Lipinski definition) is 3. The Morgan fingerprint density at radius 3 is 2.68 bits per heavy atom. The first-order chi connectivity index (χ1) is 8.99. The standard InChI is InChI=1S/C12H20N4O3/c1-9(2)15(5-6-17)8-10-3-4-11(14-13)12(7-10)16(18)19/h3-4,7,9,14,17H,5-6,8,13H2,1-2H3. The first kappa shape index (κ1) is 15.4. The number of nitrogens with zero attached hydrogens (tertiary/aromatic N) is 2. The van der Waals surface area contributed by atoms with Gasteiger partial charge in [0.25, 0.3) is 5.69 Å². The molecule has 1 aromatic rings. The van der Waals surface area contributed by atoms with Crippen LogP contribution in [0.3, 0.4) is 0 Å². The van der Waals surface area contributed by atoms with E-state index in [-0.39, 0.29) is 24.0 Å². The molecule has 19 heavy (non-hydrogen) atoms. The normalized spacial score (nSPS) is 11.1. The maximum atomic E-state index is 10.9. The second-order valence-corrected chi connectivity index (χ2v) is 4.54. The Morgan fingerprint density at radius 1 is 1.53 bits per heavy atom. The number of aliphatic hydroxyl groups is 1. The third-order valence-corrected chi connectivity index (χ3v) is 2.92. The number of aliphatic hydroxyl groups excluding tert-OH is 1. The van der Waals surface area contributed by atoms with Crippen LogP contribution in [0.5, 0.6) is 0 Å². The first-order valence-electron chi connectivity index (χ1n) is 6.08. The molecule has 0 aromatic heterocycles. The van der Waals surface area contributed by atoms with Crippen molar-refractivity contribution in [2.45, 2.75) is 26.4 Å². The van der Waals surface area contributed by atoms with Crippen molar-refractivity contribution in [3.63, 3.8) is 0 Å². The Hall–Kier alpha value is -1.70. The zero-order valence-electron chi connectivity index (χ0n) is 11.2. The van der Waals surface area contributed by atoms with E-state index in [1.807, 2.05) is 18.7 Å². The monoisotopic (exact) mass is 268 g/mol. The van der Waals surface area contributed by atoms with E-state index in [4.69, 9.17) is 10.9 Å². The molecule has 0 amide bonds. The topological polar surface area (TPSA) is 105 Å². The summed E-state index contributed by atoms with van der Waals surface area (Å²) in [4.78, 5) is 12.5. The number of nitro groups is 1. The highest BCUT2D eigenvalue weighted by Crippen LogP contribution is 2.25. The summed E-state index contributed by atoms with van der Waals surface area (Å²) in [5.41, 5.74) is 3.36. The zero-order chi connectivity index (χ0) is 14.4. The van der Waals surface area contributed by atoms with Crippen LogP contribution >= 0.6 is 0 Å². The van der Waals surface area contributed by atoms with E-state index in [0.717, 1.165) is 5.56 Å². The molecule has 0 heterocycles. The molecule has 4 N–H and O–H groups in total. The second kappa shape index (κ2) is 7.03. The maximum absolute atomic E-state index is 10.9. The Bertz CT molecular complexity index is 437. The van der Waals surface area contributed by atoms with Gasteiger partial charge in [-0.2, -0.15) is 0 Å². The summed E-state index contributed by atoms with van der Waals surface area (Å²) < 4.78 is 0. The molecule has 7 nitrogen and oxygen atoms in total. The Morgan fingerprint density at radius 2 is 2.21 bits per heavy atom. The number of nitrogens with two attached hydrogens (primary N) is 1. The van der Waals surface area contributed by atoms with E-state index in [9.17, 15) is 10.1 Å². The predicted molar refractivity (Wildman–Crippen MR) is 73.5 cm³/mol. The molecule has 0 saturated carbocycles. The third kappa shape index (κ3) is 4.16. The molecule has 0 unspecified atom stereocenters. The molecule has 0 bridgehead atoms. The minimum atomic E-state index is -0.468. The van der Waals surface area contributed by atoms with Crippen LogP contribution in [-0.4, -0.2) is 34.1 Å². The van der Waals surface area contributed by atoms with E-state index in [0.29, 0.717) is 13.1 Å². The highest BCUT2D eigenvalue weighted by molar-refractivity contribution is 5.61. The van der Waals surface area contributed by atoms with Crippen molar-refractivity contribution >= 4 is 11.4 Å². The van der Waals surface area contributed by atoms with E-state index in [1.54, 1.807) is 12.1 Å². The van der Waals surface area contributed by atoms with E-state index < -0.39 is 4.92 Å². The number of anilines is 1. The first-order valence-corrected chi connectivity index (χ1v) is 6.08. The van der Waals surface area contributed by atoms with Gasteiger partial charge in [0.05, 0.1) is 11.5 Å². The highest BCUT2D eigenvalue weighted by atomic mass is 16.6. The molecular formula is C12H20N4O3. The smallest absolute Gasteiger partial charge is 0.293 e. The van der Waals surface area contributed by atoms with Gasteiger partial charge in [-0.25, -0.2) is 0 Å². The lowest BCUT2D eigenvalue weighted by molar-refractivity contribution is -0.384. The molecule has 0 saturated heterocycles. The van der Waals surface area contributed by atoms with Gasteiger partial charge in [-0.05, 0) is 25.5 Å². The fourth-order valence-electron chi connectivity index (χ4n) is 1.83. The molecule has 1 rings (SSSR count). The van der Waals surface area contributed by atoms with Crippen LogP contribution in [0.4, 0.5) is 11.4 Å². The summed E-state index contributed by atoms with van der Waals surface area (Å²) in [6.45, 7) is 5.16. The van der Waals surface area contributed by atoms with Gasteiger partial charge in [-0.3, -0.25) is 20.9 Å². The summed E-state index contributed by atoms with van der Waals surface area (Å²) in [5.74, 6) is 5.24. The lowest BCUT2D eigenvalue weighted by Crippen LogP contribution is -2.32. The van der Waals surface area contributed by atoms with Gasteiger partial charge in [-0.1, -0.05) is 6.07 Å². The summed E-state index contributed by atoms with van der Waals surface area (Å²) >= 11 is 0. The van der Waals surface area contributed by atoms with Gasteiger partial charge in [0.15, 0.2) is 0 Å². The van der Waals surface area contributed by atoms with E-state index in [1.165, 1.54) is 6.07 Å². The quantitative estimate of drug-likeness (QED) is 0.388. The number of rotatable bonds is 7. The maximum Gasteiger partial charge on any atom is 0.293 e. The van der Waals surface area contributed by atoms with Gasteiger partial charge in [0, 0.05) is 25.2 Å². The van der Waals surface area contributed by atoms with Gasteiger partial charge < -0.3 is 10.5 Å². The number of benzene rings is 1. The van der Waals surface area contributed by atoms with Gasteiger partial charge in [0.1, 0.15) is 5.69 Å². The van der Waals surface area contributed by atoms with Gasteiger partial charge >= 0.3 is 0 Å². The zero-order valence-corrected chi connectivity index (χ0v) is 11.2. The molecule has 0 spiro atoms. The summed E-state index contributed by atoms with van der Waals surface area (Å²) in [5, 5.41) is 19.9. The number of nitrogens with one attached hydrogen (secondary N) is 1. The highest BCUT2D eigenvalue weighted by Gasteiger charge is 2.16. The van der Waals surface area contributed by atoms with Gasteiger partial charge in [-0.15, -0.1) is 0 Å². The van der Waals surface area contributed by atoms with Crippen LogP contribution in [-0.2, 0) is 6.54 Å². The van der Waals surface area contributed by atoms with Crippen molar-refractivity contribution in [1.29, 1.82) is 0 Å². The van der Waals surface area contributed by atoms with E-state index in [2.05, 4.69) is 5.43 Å². The van der Waals surface area contributed by atoms with Crippen molar-refractivity contribution in [2.75, 3.05) is 18.6 Å². The van der Waals surface area contributed by atoms with Crippen molar-refractivity contribution in [3.05, 3.63) is 33.9 Å². The number of nitro benzene ring substituents is 1. The molecule has 1 aromatic carbocycles. The lowest BCUT2D eigenvalue weighted by atomic mass is 10.1. The summed E-state index contributed by atoms with van der Waals surface area (Å²) in [6, 6.07) is 5.13. The number of hydrazine groups is 1. The summed E-state index contributed by atoms with van der Waals surface area (Å²) in [6.07, 6.45) is 0. The number of hydrogen-bond acceptors (Lipinski definition) is 6. The van der Waals surface area contributed by atoms with Crippen molar-refractivity contribution in [3.8, 4) is 0 Å². The molecule has 0 aliphatic rings. The molecule has 106 valence electrons. The SMILES string of the molecule is CC(C)N(CCO)Cc1ccc(NN)c([N+](=O)[O-])c1.